The zero-order valence-corrected chi connectivity index (χ0v) is 9.25. The molecule has 1 fully saturated rings. The fourth-order valence-corrected chi connectivity index (χ4v) is 1.51. The van der Waals surface area contributed by atoms with Gasteiger partial charge in [0.2, 0.25) is 5.91 Å². The molecule has 0 radical (unpaired) electrons. The average Bonchev–Trinajstić information content (AvgIpc) is 2.76. The van der Waals surface area contributed by atoms with E-state index in [-0.39, 0.29) is 11.8 Å². The smallest absolute Gasteiger partial charge is 0.224 e. The number of hydrogen-bond acceptors (Lipinski definition) is 4. The lowest BCUT2D eigenvalue weighted by molar-refractivity contribution is -0.124. The van der Waals surface area contributed by atoms with Gasteiger partial charge >= 0.3 is 0 Å². The molecule has 15 heavy (non-hydrogen) atoms. The molecule has 0 aliphatic carbocycles. The molecule has 1 aliphatic rings. The van der Waals surface area contributed by atoms with E-state index in [0.29, 0.717) is 26.4 Å². The molecule has 0 spiro atoms. The van der Waals surface area contributed by atoms with Crippen LogP contribution >= 0.6 is 0 Å². The molecule has 0 bridgehead atoms. The lowest BCUT2D eigenvalue weighted by atomic mass is 10.1. The van der Waals surface area contributed by atoms with Crippen LogP contribution in [-0.2, 0) is 14.3 Å². The van der Waals surface area contributed by atoms with Gasteiger partial charge < -0.3 is 20.1 Å². The van der Waals surface area contributed by atoms with Gasteiger partial charge in [0, 0.05) is 20.2 Å². The highest BCUT2D eigenvalue weighted by molar-refractivity contribution is 5.79. The maximum Gasteiger partial charge on any atom is 0.224 e. The van der Waals surface area contributed by atoms with Crippen LogP contribution in [-0.4, -0.2) is 52.5 Å². The van der Waals surface area contributed by atoms with Crippen LogP contribution in [0.2, 0.25) is 0 Å². The molecular formula is C10H20N2O3. The van der Waals surface area contributed by atoms with Crippen molar-refractivity contribution in [2.24, 2.45) is 5.92 Å². The van der Waals surface area contributed by atoms with E-state index < -0.39 is 0 Å². The van der Waals surface area contributed by atoms with Gasteiger partial charge in [-0.2, -0.15) is 0 Å². The van der Waals surface area contributed by atoms with Gasteiger partial charge in [-0.15, -0.1) is 0 Å². The van der Waals surface area contributed by atoms with Crippen LogP contribution in [0.15, 0.2) is 0 Å². The fraction of sp³-hybridized carbons (Fsp3) is 0.900. The minimum Gasteiger partial charge on any atom is -0.382 e. The highest BCUT2D eigenvalue weighted by Crippen LogP contribution is 2.06. The Labute approximate surface area is 90.5 Å². The lowest BCUT2D eigenvalue weighted by Gasteiger charge is -2.09. The second-order valence-corrected chi connectivity index (χ2v) is 3.59. The van der Waals surface area contributed by atoms with E-state index in [1.54, 1.807) is 7.11 Å². The quantitative estimate of drug-likeness (QED) is 0.557. The molecule has 5 heteroatoms. The van der Waals surface area contributed by atoms with E-state index in [4.69, 9.17) is 9.47 Å². The summed E-state index contributed by atoms with van der Waals surface area (Å²) >= 11 is 0. The first-order valence-electron chi connectivity index (χ1n) is 5.39. The predicted molar refractivity (Wildman–Crippen MR) is 56.7 cm³/mol. The molecule has 1 atom stereocenters. The summed E-state index contributed by atoms with van der Waals surface area (Å²) in [5.41, 5.74) is 0. The van der Waals surface area contributed by atoms with Crippen molar-refractivity contribution in [1.82, 2.24) is 10.6 Å². The van der Waals surface area contributed by atoms with Crippen molar-refractivity contribution in [1.29, 1.82) is 0 Å². The molecule has 1 saturated heterocycles. The minimum atomic E-state index is 0.135. The summed E-state index contributed by atoms with van der Waals surface area (Å²) in [5, 5.41) is 6.02. The summed E-state index contributed by atoms with van der Waals surface area (Å²) < 4.78 is 10.1. The number of methoxy groups -OCH3 is 1. The Morgan fingerprint density at radius 3 is 3.00 bits per heavy atom. The van der Waals surface area contributed by atoms with Gasteiger partial charge in [0.25, 0.3) is 0 Å². The normalized spacial score (nSPS) is 20.5. The van der Waals surface area contributed by atoms with Crippen molar-refractivity contribution in [2.75, 3.05) is 46.6 Å². The van der Waals surface area contributed by atoms with Crippen molar-refractivity contribution < 1.29 is 14.3 Å². The zero-order valence-electron chi connectivity index (χ0n) is 9.25. The van der Waals surface area contributed by atoms with Crippen molar-refractivity contribution in [3.05, 3.63) is 0 Å². The molecular weight excluding hydrogens is 196 g/mol. The molecule has 0 aromatic heterocycles. The van der Waals surface area contributed by atoms with Crippen molar-refractivity contribution in [3.63, 3.8) is 0 Å². The third-order valence-electron chi connectivity index (χ3n) is 2.41. The number of carbonyl (C=O) groups excluding carboxylic acids is 1. The van der Waals surface area contributed by atoms with E-state index in [2.05, 4.69) is 10.6 Å². The number of carbonyl (C=O) groups is 1. The number of nitrogens with one attached hydrogen (secondary N) is 2. The molecule has 0 unspecified atom stereocenters. The first-order valence-corrected chi connectivity index (χ1v) is 5.39. The fourth-order valence-electron chi connectivity index (χ4n) is 1.51. The molecule has 88 valence electrons. The van der Waals surface area contributed by atoms with Crippen LogP contribution in [0.25, 0.3) is 0 Å². The van der Waals surface area contributed by atoms with E-state index in [9.17, 15) is 4.79 Å². The molecule has 1 aliphatic heterocycles. The summed E-state index contributed by atoms with van der Waals surface area (Å²) in [4.78, 5) is 11.5. The van der Waals surface area contributed by atoms with Gasteiger partial charge in [-0.25, -0.2) is 0 Å². The number of rotatable bonds is 7. The van der Waals surface area contributed by atoms with Crippen LogP contribution in [0.4, 0.5) is 0 Å². The number of amides is 1. The summed E-state index contributed by atoms with van der Waals surface area (Å²) in [5.74, 6) is 0.277. The summed E-state index contributed by atoms with van der Waals surface area (Å²) in [6.07, 6.45) is 0.941. The highest BCUT2D eigenvalue weighted by atomic mass is 16.5. The van der Waals surface area contributed by atoms with Gasteiger partial charge in [0.15, 0.2) is 0 Å². The molecule has 1 heterocycles. The standard InChI is InChI=1S/C10H20N2O3/c1-14-6-7-15-5-4-12-10(13)9-2-3-11-8-9/h9,11H,2-8H2,1H3,(H,12,13)/t9-/m0/s1. The monoisotopic (exact) mass is 216 g/mol. The van der Waals surface area contributed by atoms with E-state index >= 15 is 0 Å². The van der Waals surface area contributed by atoms with Crippen LogP contribution in [0.1, 0.15) is 6.42 Å². The molecule has 1 amide bonds. The van der Waals surface area contributed by atoms with Crippen LogP contribution in [0.5, 0.6) is 0 Å². The Balaban J connectivity index is 1.92. The van der Waals surface area contributed by atoms with Gasteiger partial charge in [0.1, 0.15) is 0 Å². The summed E-state index contributed by atoms with van der Waals surface area (Å²) in [6.45, 7) is 4.06. The predicted octanol–water partition coefficient (Wildman–Crippen LogP) is -0.625. The van der Waals surface area contributed by atoms with Gasteiger partial charge in [-0.05, 0) is 13.0 Å². The zero-order chi connectivity index (χ0) is 10.9. The van der Waals surface area contributed by atoms with Crippen LogP contribution in [0.3, 0.4) is 0 Å². The number of hydrogen-bond donors (Lipinski definition) is 2. The van der Waals surface area contributed by atoms with Crippen molar-refractivity contribution >= 4 is 5.91 Å². The van der Waals surface area contributed by atoms with Crippen LogP contribution < -0.4 is 10.6 Å². The molecule has 0 aromatic rings. The van der Waals surface area contributed by atoms with Gasteiger partial charge in [0.05, 0.1) is 25.7 Å². The Morgan fingerprint density at radius 1 is 1.47 bits per heavy atom. The van der Waals surface area contributed by atoms with Gasteiger partial charge in [-0.3, -0.25) is 4.79 Å². The first-order chi connectivity index (χ1) is 7.34. The molecule has 5 nitrogen and oxygen atoms in total. The minimum absolute atomic E-state index is 0.135. The van der Waals surface area contributed by atoms with E-state index in [1.807, 2.05) is 0 Å². The molecule has 0 aromatic carbocycles. The Bertz CT molecular complexity index is 182. The maximum atomic E-state index is 11.5. The van der Waals surface area contributed by atoms with Crippen molar-refractivity contribution in [3.8, 4) is 0 Å². The van der Waals surface area contributed by atoms with E-state index in [0.717, 1.165) is 19.5 Å². The number of ether oxygens (including phenoxy) is 2. The molecule has 1 rings (SSSR count). The largest absolute Gasteiger partial charge is 0.382 e. The average molecular weight is 216 g/mol. The maximum absolute atomic E-state index is 11.5. The Morgan fingerprint density at radius 2 is 2.33 bits per heavy atom. The topological polar surface area (TPSA) is 59.6 Å². The van der Waals surface area contributed by atoms with Crippen LogP contribution in [0, 0.1) is 5.92 Å². The Kier molecular flexibility index (Phi) is 6.31. The first kappa shape index (κ1) is 12.4. The third-order valence-corrected chi connectivity index (χ3v) is 2.41. The highest BCUT2D eigenvalue weighted by Gasteiger charge is 2.21. The summed E-state index contributed by atoms with van der Waals surface area (Å²) in [6, 6.07) is 0. The lowest BCUT2D eigenvalue weighted by Crippen LogP contribution is -2.34. The second-order valence-electron chi connectivity index (χ2n) is 3.59. The van der Waals surface area contributed by atoms with Crippen molar-refractivity contribution in [2.45, 2.75) is 6.42 Å². The second kappa shape index (κ2) is 7.62. The molecule has 0 saturated carbocycles. The summed E-state index contributed by atoms with van der Waals surface area (Å²) in [7, 11) is 1.64. The molecule has 2 N–H and O–H groups in total. The third kappa shape index (κ3) is 5.11. The Hall–Kier alpha value is -0.650. The SMILES string of the molecule is COCCOCCNC(=O)[C@H]1CCNC1. The van der Waals surface area contributed by atoms with E-state index in [1.165, 1.54) is 0 Å². The van der Waals surface area contributed by atoms with Gasteiger partial charge in [-0.1, -0.05) is 0 Å².